The first-order valence-electron chi connectivity index (χ1n) is 4.35. The maximum Gasteiger partial charge on any atom is 0.171 e. The number of hydrogen-bond donors (Lipinski definition) is 1. The summed E-state index contributed by atoms with van der Waals surface area (Å²) in [5, 5.41) is 9.01. The zero-order chi connectivity index (χ0) is 11.6. The van der Waals surface area contributed by atoms with Gasteiger partial charge in [-0.15, -0.1) is 0 Å². The fourth-order valence-electron chi connectivity index (χ4n) is 1.25. The molecule has 0 amide bonds. The van der Waals surface area contributed by atoms with E-state index in [9.17, 15) is 13.2 Å². The van der Waals surface area contributed by atoms with Gasteiger partial charge in [-0.25, -0.2) is 13.2 Å². The van der Waals surface area contributed by atoms with Crippen molar-refractivity contribution in [2.75, 3.05) is 7.11 Å². The van der Waals surface area contributed by atoms with Gasteiger partial charge in [0.05, 0.1) is 13.2 Å². The molecule has 0 aromatic heterocycles. The van der Waals surface area contributed by atoms with E-state index in [-0.39, 0.29) is 12.2 Å². The summed E-state index contributed by atoms with van der Waals surface area (Å²) in [5.41, 5.74) is -0.498. The molecule has 84 valence electrons. The van der Waals surface area contributed by atoms with Crippen molar-refractivity contribution in [3.05, 3.63) is 29.1 Å². The highest BCUT2D eigenvalue weighted by molar-refractivity contribution is 5.33. The van der Waals surface area contributed by atoms with Crippen LogP contribution in [0.5, 0.6) is 5.75 Å². The number of hydrogen-bond acceptors (Lipinski definition) is 2. The van der Waals surface area contributed by atoms with E-state index in [1.165, 1.54) is 6.92 Å². The molecular formula is C10H11F3O2. The second-order valence-electron chi connectivity index (χ2n) is 3.22. The fourth-order valence-corrected chi connectivity index (χ4v) is 1.25. The largest absolute Gasteiger partial charge is 0.494 e. The third kappa shape index (κ3) is 2.41. The Balaban J connectivity index is 3.27. The zero-order valence-electron chi connectivity index (χ0n) is 8.35. The third-order valence-corrected chi connectivity index (χ3v) is 1.93. The van der Waals surface area contributed by atoms with Gasteiger partial charge in [0.2, 0.25) is 0 Å². The van der Waals surface area contributed by atoms with Crippen molar-refractivity contribution in [2.24, 2.45) is 0 Å². The minimum absolute atomic E-state index is 0.300. The molecule has 5 heteroatoms. The van der Waals surface area contributed by atoms with Crippen molar-refractivity contribution >= 4 is 0 Å². The Morgan fingerprint density at radius 1 is 1.33 bits per heavy atom. The Kier molecular flexibility index (Phi) is 3.57. The maximum absolute atomic E-state index is 13.4. The molecule has 0 heterocycles. The van der Waals surface area contributed by atoms with Crippen LogP contribution in [-0.2, 0) is 6.42 Å². The van der Waals surface area contributed by atoms with E-state index in [1.54, 1.807) is 0 Å². The van der Waals surface area contributed by atoms with Crippen molar-refractivity contribution in [3.8, 4) is 5.75 Å². The Morgan fingerprint density at radius 3 is 2.40 bits per heavy atom. The lowest BCUT2D eigenvalue weighted by molar-refractivity contribution is 0.191. The number of methoxy groups -OCH3 is 1. The number of ether oxygens (including phenoxy) is 1. The average Bonchev–Trinajstić information content (AvgIpc) is 2.18. The van der Waals surface area contributed by atoms with Crippen LogP contribution in [0.15, 0.2) is 6.07 Å². The quantitative estimate of drug-likeness (QED) is 0.790. The van der Waals surface area contributed by atoms with Gasteiger partial charge in [-0.3, -0.25) is 0 Å². The lowest BCUT2D eigenvalue weighted by atomic mass is 10.1. The standard InChI is InChI=1S/C10H11F3O2/c1-5(14)3-6-9(12)7(11)4-8(15-2)10(6)13/h4-5,14H,3H2,1-2H3. The van der Waals surface area contributed by atoms with E-state index in [0.29, 0.717) is 6.07 Å². The molecule has 0 radical (unpaired) electrons. The van der Waals surface area contributed by atoms with Crippen LogP contribution >= 0.6 is 0 Å². The molecular weight excluding hydrogens is 209 g/mol. The van der Waals surface area contributed by atoms with Crippen molar-refractivity contribution in [2.45, 2.75) is 19.4 Å². The molecule has 0 fully saturated rings. The molecule has 1 N–H and O–H groups in total. The fraction of sp³-hybridized carbons (Fsp3) is 0.400. The molecule has 0 aliphatic carbocycles. The second-order valence-corrected chi connectivity index (χ2v) is 3.22. The van der Waals surface area contributed by atoms with Crippen LogP contribution < -0.4 is 4.74 Å². The molecule has 0 aliphatic heterocycles. The van der Waals surface area contributed by atoms with Crippen LogP contribution in [0.1, 0.15) is 12.5 Å². The number of benzene rings is 1. The van der Waals surface area contributed by atoms with Gasteiger partial charge in [-0.05, 0) is 6.92 Å². The summed E-state index contributed by atoms with van der Waals surface area (Å²) in [6, 6.07) is 0.635. The SMILES string of the molecule is COc1cc(F)c(F)c(CC(C)O)c1F. The molecule has 0 saturated carbocycles. The molecule has 0 bridgehead atoms. The first-order chi connectivity index (χ1) is 6.97. The van der Waals surface area contributed by atoms with E-state index >= 15 is 0 Å². The van der Waals surface area contributed by atoms with E-state index in [0.717, 1.165) is 7.11 Å². The van der Waals surface area contributed by atoms with Crippen molar-refractivity contribution in [1.82, 2.24) is 0 Å². The molecule has 1 aromatic carbocycles. The minimum Gasteiger partial charge on any atom is -0.494 e. The van der Waals surface area contributed by atoms with E-state index in [1.807, 2.05) is 0 Å². The number of aliphatic hydroxyl groups excluding tert-OH is 1. The van der Waals surface area contributed by atoms with Gasteiger partial charge in [0, 0.05) is 18.1 Å². The molecule has 2 nitrogen and oxygen atoms in total. The van der Waals surface area contributed by atoms with E-state index in [2.05, 4.69) is 4.74 Å². The highest BCUT2D eigenvalue weighted by atomic mass is 19.2. The van der Waals surface area contributed by atoms with Gasteiger partial charge in [0.25, 0.3) is 0 Å². The third-order valence-electron chi connectivity index (χ3n) is 1.93. The summed E-state index contributed by atoms with van der Waals surface area (Å²) in [4.78, 5) is 0. The number of aliphatic hydroxyl groups is 1. The van der Waals surface area contributed by atoms with Gasteiger partial charge in [0.1, 0.15) is 0 Å². The van der Waals surface area contributed by atoms with E-state index in [4.69, 9.17) is 5.11 Å². The van der Waals surface area contributed by atoms with Gasteiger partial charge in [-0.2, -0.15) is 0 Å². The molecule has 0 aliphatic rings. The first kappa shape index (κ1) is 11.8. The second kappa shape index (κ2) is 4.53. The van der Waals surface area contributed by atoms with Crippen molar-refractivity contribution in [3.63, 3.8) is 0 Å². The van der Waals surface area contributed by atoms with Crippen LogP contribution in [0.2, 0.25) is 0 Å². The topological polar surface area (TPSA) is 29.5 Å². The summed E-state index contributed by atoms with van der Waals surface area (Å²) in [7, 11) is 1.15. The highest BCUT2D eigenvalue weighted by Gasteiger charge is 2.20. The Labute approximate surface area is 85.3 Å². The summed E-state index contributed by atoms with van der Waals surface area (Å²) in [6.45, 7) is 1.36. The molecule has 0 saturated heterocycles. The molecule has 1 unspecified atom stereocenters. The van der Waals surface area contributed by atoms with Gasteiger partial charge < -0.3 is 9.84 Å². The van der Waals surface area contributed by atoms with Gasteiger partial charge in [0.15, 0.2) is 23.2 Å². The predicted molar refractivity (Wildman–Crippen MR) is 48.3 cm³/mol. The Bertz CT molecular complexity index is 364. The van der Waals surface area contributed by atoms with Crippen molar-refractivity contribution < 1.29 is 23.0 Å². The normalized spacial score (nSPS) is 12.7. The van der Waals surface area contributed by atoms with Crippen LogP contribution in [0.25, 0.3) is 0 Å². The lowest BCUT2D eigenvalue weighted by Crippen LogP contribution is -2.10. The Morgan fingerprint density at radius 2 is 1.93 bits per heavy atom. The predicted octanol–water partition coefficient (Wildman–Crippen LogP) is 2.04. The molecule has 1 atom stereocenters. The Hall–Kier alpha value is -1.23. The van der Waals surface area contributed by atoms with Crippen LogP contribution in [0.4, 0.5) is 13.2 Å². The van der Waals surface area contributed by atoms with Crippen LogP contribution in [0.3, 0.4) is 0 Å². The summed E-state index contributed by atoms with van der Waals surface area (Å²) < 4.78 is 44.1. The summed E-state index contributed by atoms with van der Waals surface area (Å²) in [6.07, 6.45) is -1.26. The number of rotatable bonds is 3. The first-order valence-corrected chi connectivity index (χ1v) is 4.35. The highest BCUT2D eigenvalue weighted by Crippen LogP contribution is 2.26. The molecule has 1 aromatic rings. The minimum atomic E-state index is -1.28. The smallest absolute Gasteiger partial charge is 0.171 e. The number of halogens is 3. The van der Waals surface area contributed by atoms with E-state index < -0.39 is 29.1 Å². The van der Waals surface area contributed by atoms with Crippen LogP contribution in [-0.4, -0.2) is 18.3 Å². The maximum atomic E-state index is 13.4. The summed E-state index contributed by atoms with van der Waals surface area (Å²) in [5.74, 6) is -3.82. The molecule has 1 rings (SSSR count). The lowest BCUT2D eigenvalue weighted by Gasteiger charge is -2.10. The monoisotopic (exact) mass is 220 g/mol. The zero-order valence-corrected chi connectivity index (χ0v) is 8.35. The molecule has 15 heavy (non-hydrogen) atoms. The van der Waals surface area contributed by atoms with Crippen LogP contribution in [0, 0.1) is 17.5 Å². The van der Waals surface area contributed by atoms with Crippen molar-refractivity contribution in [1.29, 1.82) is 0 Å². The summed E-state index contributed by atoms with van der Waals surface area (Å²) >= 11 is 0. The molecule has 0 spiro atoms. The van der Waals surface area contributed by atoms with Gasteiger partial charge >= 0.3 is 0 Å². The average molecular weight is 220 g/mol. The van der Waals surface area contributed by atoms with Gasteiger partial charge in [-0.1, -0.05) is 0 Å².